The van der Waals surface area contributed by atoms with Gasteiger partial charge >= 0.3 is 0 Å². The highest BCUT2D eigenvalue weighted by atomic mass is 16.5. The van der Waals surface area contributed by atoms with Gasteiger partial charge in [0.05, 0.1) is 13.2 Å². The number of methoxy groups -OCH3 is 1. The van der Waals surface area contributed by atoms with Crippen LogP contribution in [0.4, 0.5) is 0 Å². The van der Waals surface area contributed by atoms with Crippen molar-refractivity contribution in [2.45, 2.75) is 50.6 Å². The summed E-state index contributed by atoms with van der Waals surface area (Å²) in [5, 5.41) is 18.7. The molecule has 1 aliphatic heterocycles. The van der Waals surface area contributed by atoms with Gasteiger partial charge in [-0.1, -0.05) is 18.9 Å². The number of nitriles is 1. The normalized spacial score (nSPS) is 19.8. The summed E-state index contributed by atoms with van der Waals surface area (Å²) in [7, 11) is 1.57. The molecule has 0 bridgehead atoms. The quantitative estimate of drug-likeness (QED) is 0.462. The highest BCUT2D eigenvalue weighted by Crippen LogP contribution is 2.34. The molecule has 1 aromatic heterocycles. The number of benzene rings is 1. The minimum atomic E-state index is -0.790. The fourth-order valence-corrected chi connectivity index (χ4v) is 4.34. The summed E-state index contributed by atoms with van der Waals surface area (Å²) in [6.07, 6.45) is 4.38. The number of amides is 3. The van der Waals surface area contributed by atoms with Crippen molar-refractivity contribution in [1.82, 2.24) is 20.9 Å². The van der Waals surface area contributed by atoms with Crippen molar-refractivity contribution in [2.75, 3.05) is 13.7 Å². The van der Waals surface area contributed by atoms with Crippen molar-refractivity contribution in [2.24, 2.45) is 11.8 Å². The summed E-state index contributed by atoms with van der Waals surface area (Å²) in [5.41, 5.74) is 1.09. The molecule has 0 radical (unpaired) electrons. The van der Waals surface area contributed by atoms with Crippen LogP contribution in [0.5, 0.6) is 5.75 Å². The average molecular weight is 452 g/mol. The lowest BCUT2D eigenvalue weighted by atomic mass is 9.92. The molecule has 3 atom stereocenters. The van der Waals surface area contributed by atoms with Gasteiger partial charge in [0.25, 0.3) is 5.91 Å². The van der Waals surface area contributed by atoms with Crippen LogP contribution in [0.1, 0.15) is 49.0 Å². The number of nitrogens with one attached hydrogen (secondary N) is 4. The summed E-state index contributed by atoms with van der Waals surface area (Å²) < 4.78 is 5.35. The summed E-state index contributed by atoms with van der Waals surface area (Å²) in [6.45, 7) is 0.647. The van der Waals surface area contributed by atoms with Crippen LogP contribution in [-0.4, -0.2) is 48.4 Å². The number of aromatic amines is 1. The maximum absolute atomic E-state index is 13.0. The third-order valence-electron chi connectivity index (χ3n) is 6.37. The largest absolute Gasteiger partial charge is 0.496 e. The Labute approximate surface area is 192 Å². The van der Waals surface area contributed by atoms with E-state index < -0.39 is 23.9 Å². The first kappa shape index (κ1) is 22.6. The van der Waals surface area contributed by atoms with Gasteiger partial charge in [0.2, 0.25) is 11.8 Å². The highest BCUT2D eigenvalue weighted by Gasteiger charge is 2.33. The van der Waals surface area contributed by atoms with Crippen molar-refractivity contribution in [1.29, 1.82) is 5.26 Å². The van der Waals surface area contributed by atoms with Crippen LogP contribution >= 0.6 is 0 Å². The van der Waals surface area contributed by atoms with Crippen LogP contribution in [0, 0.1) is 23.2 Å². The predicted octanol–water partition coefficient (Wildman–Crippen LogP) is 2.00. The number of piperidine rings is 1. The Morgan fingerprint density at radius 2 is 2.06 bits per heavy atom. The molecule has 3 amide bonds. The molecule has 2 aliphatic rings. The van der Waals surface area contributed by atoms with Crippen molar-refractivity contribution >= 4 is 28.6 Å². The van der Waals surface area contributed by atoms with Gasteiger partial charge in [0, 0.05) is 23.4 Å². The molecule has 4 rings (SSSR count). The van der Waals surface area contributed by atoms with E-state index in [1.165, 1.54) is 0 Å². The summed E-state index contributed by atoms with van der Waals surface area (Å²) >= 11 is 0. The number of carbonyl (C=O) groups excluding carboxylic acids is 3. The standard InChI is InChI=1S/C24H29N5O4/c1-33-21-6-2-5-18-17(21)12-20(28-18)24(32)29-19(10-14-7-8-14)23(31)27-16(13-25)11-15-4-3-9-26-22(15)30/h2,5-6,12,14-16,19,28H,3-4,7-11H2,1H3,(H,26,30)(H,27,31)(H,29,32)/t15-,16?,19?/m0/s1. The molecule has 1 aromatic carbocycles. The SMILES string of the molecule is COc1cccc2[nH]c(C(=O)NC(CC3CC3)C(=O)NC(C#N)C[C@@H]3CCCNC3=O)cc12. The number of nitrogens with zero attached hydrogens (tertiary/aromatic N) is 1. The lowest BCUT2D eigenvalue weighted by Gasteiger charge is -2.25. The molecule has 33 heavy (non-hydrogen) atoms. The summed E-state index contributed by atoms with van der Waals surface area (Å²) in [4.78, 5) is 41.1. The molecule has 4 N–H and O–H groups in total. The monoisotopic (exact) mass is 451 g/mol. The Morgan fingerprint density at radius 1 is 1.24 bits per heavy atom. The van der Waals surface area contributed by atoms with Crippen LogP contribution in [0.3, 0.4) is 0 Å². The number of carbonyl (C=O) groups is 3. The fraction of sp³-hybridized carbons (Fsp3) is 0.500. The van der Waals surface area contributed by atoms with E-state index >= 15 is 0 Å². The Morgan fingerprint density at radius 3 is 2.76 bits per heavy atom. The number of fused-ring (bicyclic) bond motifs is 1. The van der Waals surface area contributed by atoms with Crippen LogP contribution < -0.4 is 20.7 Å². The molecule has 2 unspecified atom stereocenters. The fourth-order valence-electron chi connectivity index (χ4n) is 4.34. The molecule has 174 valence electrons. The lowest BCUT2D eigenvalue weighted by molar-refractivity contribution is -0.128. The van der Waals surface area contributed by atoms with Crippen molar-refractivity contribution in [3.8, 4) is 11.8 Å². The van der Waals surface area contributed by atoms with Gasteiger partial charge in [-0.25, -0.2) is 0 Å². The topological polar surface area (TPSA) is 136 Å². The minimum absolute atomic E-state index is 0.0761. The molecule has 2 heterocycles. The van der Waals surface area contributed by atoms with E-state index in [1.807, 2.05) is 18.2 Å². The van der Waals surface area contributed by atoms with Crippen molar-refractivity contribution in [3.63, 3.8) is 0 Å². The van der Waals surface area contributed by atoms with Crippen LogP contribution in [0.25, 0.3) is 10.9 Å². The maximum atomic E-state index is 13.0. The van der Waals surface area contributed by atoms with E-state index in [-0.39, 0.29) is 18.2 Å². The lowest BCUT2D eigenvalue weighted by Crippen LogP contribution is -2.50. The van der Waals surface area contributed by atoms with E-state index in [4.69, 9.17) is 4.74 Å². The van der Waals surface area contributed by atoms with E-state index in [0.717, 1.165) is 30.2 Å². The maximum Gasteiger partial charge on any atom is 0.268 e. The summed E-state index contributed by atoms with van der Waals surface area (Å²) in [6, 6.07) is 7.75. The Hall–Kier alpha value is -3.54. The summed E-state index contributed by atoms with van der Waals surface area (Å²) in [5.74, 6) is -0.123. The van der Waals surface area contributed by atoms with E-state index in [1.54, 1.807) is 13.2 Å². The molecule has 2 fully saturated rings. The molecule has 9 nitrogen and oxygen atoms in total. The zero-order valence-electron chi connectivity index (χ0n) is 18.6. The third kappa shape index (κ3) is 5.45. The van der Waals surface area contributed by atoms with Gasteiger partial charge in [-0.15, -0.1) is 0 Å². The number of aromatic nitrogens is 1. The number of hydrogen-bond donors (Lipinski definition) is 4. The molecule has 2 aromatic rings. The van der Waals surface area contributed by atoms with E-state index in [2.05, 4.69) is 27.0 Å². The third-order valence-corrected chi connectivity index (χ3v) is 6.37. The molecule has 1 aliphatic carbocycles. The first-order valence-corrected chi connectivity index (χ1v) is 11.4. The molecule has 9 heteroatoms. The zero-order valence-corrected chi connectivity index (χ0v) is 18.6. The molecular formula is C24H29N5O4. The minimum Gasteiger partial charge on any atom is -0.496 e. The van der Waals surface area contributed by atoms with Crippen molar-refractivity contribution < 1.29 is 19.1 Å². The molecule has 1 saturated carbocycles. The smallest absolute Gasteiger partial charge is 0.268 e. The molecule has 0 spiro atoms. The average Bonchev–Trinajstić information content (AvgIpc) is 3.53. The molecular weight excluding hydrogens is 422 g/mol. The van der Waals surface area contributed by atoms with Crippen molar-refractivity contribution in [3.05, 3.63) is 30.0 Å². The van der Waals surface area contributed by atoms with Gasteiger partial charge in [-0.3, -0.25) is 14.4 Å². The number of H-pyrrole nitrogens is 1. The van der Waals surface area contributed by atoms with Gasteiger partial charge in [0.1, 0.15) is 23.5 Å². The van der Waals surface area contributed by atoms with Gasteiger partial charge in [0.15, 0.2) is 0 Å². The number of hydrogen-bond acceptors (Lipinski definition) is 5. The molecule has 1 saturated heterocycles. The predicted molar refractivity (Wildman–Crippen MR) is 121 cm³/mol. The number of ether oxygens (including phenoxy) is 1. The van der Waals surface area contributed by atoms with Gasteiger partial charge in [-0.2, -0.15) is 5.26 Å². The van der Waals surface area contributed by atoms with Gasteiger partial charge < -0.3 is 25.7 Å². The second-order valence-corrected chi connectivity index (χ2v) is 8.87. The van der Waals surface area contributed by atoms with E-state index in [9.17, 15) is 19.6 Å². The first-order chi connectivity index (χ1) is 16.0. The Bertz CT molecular complexity index is 1080. The highest BCUT2D eigenvalue weighted by molar-refractivity contribution is 6.01. The van der Waals surface area contributed by atoms with Gasteiger partial charge in [-0.05, 0) is 49.8 Å². The van der Waals surface area contributed by atoms with Crippen LogP contribution in [0.2, 0.25) is 0 Å². The van der Waals surface area contributed by atoms with Crippen LogP contribution in [0.15, 0.2) is 24.3 Å². The Kier molecular flexibility index (Phi) is 6.82. The first-order valence-electron chi connectivity index (χ1n) is 11.4. The number of rotatable bonds is 9. The Balaban J connectivity index is 1.43. The zero-order chi connectivity index (χ0) is 23.4. The second-order valence-electron chi connectivity index (χ2n) is 8.87. The van der Waals surface area contributed by atoms with E-state index in [0.29, 0.717) is 36.7 Å². The van der Waals surface area contributed by atoms with Crippen LogP contribution in [-0.2, 0) is 9.59 Å². The second kappa shape index (κ2) is 9.94.